The van der Waals surface area contributed by atoms with Crippen LogP contribution in [0.5, 0.6) is 0 Å². The Balaban J connectivity index is 1.16. The maximum atomic E-state index is 12.0. The van der Waals surface area contributed by atoms with Crippen molar-refractivity contribution in [2.45, 2.75) is 38.5 Å². The highest BCUT2D eigenvalue weighted by atomic mass is 16.5. The molecule has 1 aromatic carbocycles. The molecule has 1 heterocycles. The van der Waals surface area contributed by atoms with Crippen molar-refractivity contribution in [1.29, 1.82) is 0 Å². The maximum Gasteiger partial charge on any atom is 0.306 e. The lowest BCUT2D eigenvalue weighted by Gasteiger charge is -2.20. The van der Waals surface area contributed by atoms with Gasteiger partial charge in [0, 0.05) is 30.1 Å². The monoisotopic (exact) mass is 354 g/mol. The zero-order valence-electron chi connectivity index (χ0n) is 15.0. The third-order valence-electron chi connectivity index (χ3n) is 6.07. The number of carbonyl (C=O) groups is 2. The molecular weight excluding hydrogens is 328 g/mol. The molecule has 2 fully saturated rings. The van der Waals surface area contributed by atoms with Gasteiger partial charge >= 0.3 is 5.97 Å². The summed E-state index contributed by atoms with van der Waals surface area (Å²) >= 11 is 0. The molecule has 2 aliphatic rings. The molecular formula is C21H26N2O3. The summed E-state index contributed by atoms with van der Waals surface area (Å²) in [4.78, 5) is 27.1. The van der Waals surface area contributed by atoms with Crippen LogP contribution in [-0.4, -0.2) is 30.0 Å². The molecule has 1 amide bonds. The van der Waals surface area contributed by atoms with Crippen molar-refractivity contribution in [2.24, 2.45) is 17.8 Å². The van der Waals surface area contributed by atoms with Crippen molar-refractivity contribution < 1.29 is 14.3 Å². The smallest absolute Gasteiger partial charge is 0.306 e. The molecule has 0 aliphatic heterocycles. The Labute approximate surface area is 153 Å². The minimum atomic E-state index is -0.230. The third kappa shape index (κ3) is 3.76. The van der Waals surface area contributed by atoms with Crippen LogP contribution in [-0.2, 0) is 20.7 Å². The summed E-state index contributed by atoms with van der Waals surface area (Å²) in [7, 11) is 0. The quantitative estimate of drug-likeness (QED) is 0.750. The van der Waals surface area contributed by atoms with Gasteiger partial charge in [0.05, 0.1) is 0 Å². The number of aromatic amines is 1. The van der Waals surface area contributed by atoms with E-state index < -0.39 is 0 Å². The minimum Gasteiger partial charge on any atom is -0.456 e. The molecule has 2 bridgehead atoms. The number of ether oxygens (including phenoxy) is 1. The summed E-state index contributed by atoms with van der Waals surface area (Å²) in [5.74, 6) is 1.55. The number of benzene rings is 1. The van der Waals surface area contributed by atoms with Crippen LogP contribution in [0.1, 0.15) is 37.7 Å². The van der Waals surface area contributed by atoms with E-state index in [1.54, 1.807) is 0 Å². The SMILES string of the molecule is O=C(COC(=O)C[C@H]1C[C@@H]2CC[C@@H]1C2)NCCc1c[nH]c2ccccc12. The van der Waals surface area contributed by atoms with E-state index in [-0.39, 0.29) is 18.5 Å². The molecule has 1 aromatic heterocycles. The van der Waals surface area contributed by atoms with Gasteiger partial charge in [-0.1, -0.05) is 24.6 Å². The zero-order valence-corrected chi connectivity index (χ0v) is 15.0. The van der Waals surface area contributed by atoms with Gasteiger partial charge in [-0.25, -0.2) is 0 Å². The lowest BCUT2D eigenvalue weighted by molar-refractivity contribution is -0.149. The summed E-state index contributed by atoms with van der Waals surface area (Å²) < 4.78 is 5.17. The highest BCUT2D eigenvalue weighted by molar-refractivity contribution is 5.83. The van der Waals surface area contributed by atoms with Crippen molar-refractivity contribution in [2.75, 3.05) is 13.2 Å². The number of rotatable bonds is 7. The summed E-state index contributed by atoms with van der Waals surface area (Å²) in [6.07, 6.45) is 8.24. The second-order valence-electron chi connectivity index (χ2n) is 7.76. The van der Waals surface area contributed by atoms with Crippen LogP contribution in [0.2, 0.25) is 0 Å². The average molecular weight is 354 g/mol. The number of nitrogens with one attached hydrogen (secondary N) is 2. The molecule has 2 saturated carbocycles. The van der Waals surface area contributed by atoms with E-state index in [0.717, 1.165) is 24.3 Å². The van der Waals surface area contributed by atoms with E-state index in [4.69, 9.17) is 4.74 Å². The molecule has 0 radical (unpaired) electrons. The van der Waals surface area contributed by atoms with Crippen LogP contribution in [0.3, 0.4) is 0 Å². The second-order valence-corrected chi connectivity index (χ2v) is 7.76. The Hall–Kier alpha value is -2.30. The molecule has 5 nitrogen and oxygen atoms in total. The molecule has 2 N–H and O–H groups in total. The van der Waals surface area contributed by atoms with Gasteiger partial charge in [0.1, 0.15) is 0 Å². The van der Waals surface area contributed by atoms with E-state index in [2.05, 4.69) is 16.4 Å². The van der Waals surface area contributed by atoms with Crippen LogP contribution in [0.4, 0.5) is 0 Å². The zero-order chi connectivity index (χ0) is 17.9. The van der Waals surface area contributed by atoms with Crippen molar-refractivity contribution >= 4 is 22.8 Å². The van der Waals surface area contributed by atoms with Gasteiger partial charge in [-0.3, -0.25) is 9.59 Å². The first-order valence-electron chi connectivity index (χ1n) is 9.66. The van der Waals surface area contributed by atoms with Gasteiger partial charge in [-0.2, -0.15) is 0 Å². The highest BCUT2D eigenvalue weighted by Crippen LogP contribution is 2.49. The number of esters is 1. The van der Waals surface area contributed by atoms with Gasteiger partial charge in [0.2, 0.25) is 0 Å². The number of hydrogen-bond acceptors (Lipinski definition) is 3. The second kappa shape index (κ2) is 7.52. The number of carbonyl (C=O) groups excluding carboxylic acids is 2. The normalized spacial score (nSPS) is 24.1. The Morgan fingerprint density at radius 2 is 2.08 bits per heavy atom. The van der Waals surface area contributed by atoms with Gasteiger partial charge in [0.25, 0.3) is 5.91 Å². The van der Waals surface area contributed by atoms with Crippen LogP contribution in [0.15, 0.2) is 30.5 Å². The topological polar surface area (TPSA) is 71.2 Å². The van der Waals surface area contributed by atoms with Crippen LogP contribution < -0.4 is 5.32 Å². The maximum absolute atomic E-state index is 12.0. The standard InChI is InChI=1S/C21H26N2O3/c24-20(13-26-21(25)11-17-10-14-5-6-15(17)9-14)22-8-7-16-12-23-19-4-2-1-3-18(16)19/h1-4,12,14-15,17,23H,5-11,13H2,(H,22,24)/t14-,15-,17-/m1/s1. The molecule has 2 aromatic rings. The van der Waals surface area contributed by atoms with E-state index >= 15 is 0 Å². The molecule has 26 heavy (non-hydrogen) atoms. The van der Waals surface area contributed by atoms with Crippen molar-refractivity contribution in [3.05, 3.63) is 36.0 Å². The minimum absolute atomic E-state index is 0.173. The molecule has 3 atom stereocenters. The first-order valence-corrected chi connectivity index (χ1v) is 9.66. The van der Waals surface area contributed by atoms with Crippen molar-refractivity contribution in [3.8, 4) is 0 Å². The van der Waals surface area contributed by atoms with Gasteiger partial charge < -0.3 is 15.0 Å². The molecule has 5 heteroatoms. The number of H-pyrrole nitrogens is 1. The number of hydrogen-bond donors (Lipinski definition) is 2. The first kappa shape index (κ1) is 17.1. The fourth-order valence-electron chi connectivity index (χ4n) is 4.77. The summed E-state index contributed by atoms with van der Waals surface area (Å²) in [5.41, 5.74) is 2.28. The number of para-hydroxylation sites is 1. The Morgan fingerprint density at radius 1 is 1.19 bits per heavy atom. The van der Waals surface area contributed by atoms with E-state index in [1.165, 1.54) is 30.2 Å². The fourth-order valence-corrected chi connectivity index (χ4v) is 4.77. The highest BCUT2D eigenvalue weighted by Gasteiger charge is 2.40. The van der Waals surface area contributed by atoms with Crippen LogP contribution >= 0.6 is 0 Å². The van der Waals surface area contributed by atoms with Crippen molar-refractivity contribution in [3.63, 3.8) is 0 Å². The molecule has 0 saturated heterocycles. The van der Waals surface area contributed by atoms with Crippen LogP contribution in [0.25, 0.3) is 10.9 Å². The lowest BCUT2D eigenvalue weighted by atomic mass is 9.86. The predicted octanol–water partition coefficient (Wildman–Crippen LogP) is 3.20. The Kier molecular flexibility index (Phi) is 4.96. The van der Waals surface area contributed by atoms with Gasteiger partial charge in [-0.15, -0.1) is 0 Å². The van der Waals surface area contributed by atoms with Crippen molar-refractivity contribution in [1.82, 2.24) is 10.3 Å². The number of aromatic nitrogens is 1. The van der Waals surface area contributed by atoms with E-state index in [9.17, 15) is 9.59 Å². The summed E-state index contributed by atoms with van der Waals surface area (Å²) in [6, 6.07) is 8.11. The summed E-state index contributed by atoms with van der Waals surface area (Å²) in [6.45, 7) is 0.359. The van der Waals surface area contributed by atoms with Gasteiger partial charge in [-0.05, 0) is 55.1 Å². The lowest BCUT2D eigenvalue weighted by Crippen LogP contribution is -2.31. The summed E-state index contributed by atoms with van der Waals surface area (Å²) in [5, 5.41) is 4.01. The Bertz CT molecular complexity index is 797. The third-order valence-corrected chi connectivity index (χ3v) is 6.07. The van der Waals surface area contributed by atoms with E-state index in [0.29, 0.717) is 24.8 Å². The van der Waals surface area contributed by atoms with Crippen LogP contribution in [0, 0.1) is 17.8 Å². The number of fused-ring (bicyclic) bond motifs is 3. The van der Waals surface area contributed by atoms with Gasteiger partial charge in [0.15, 0.2) is 6.61 Å². The molecule has 4 rings (SSSR count). The molecule has 2 aliphatic carbocycles. The molecule has 0 spiro atoms. The Morgan fingerprint density at radius 3 is 2.88 bits per heavy atom. The average Bonchev–Trinajstić information content (AvgIpc) is 3.36. The molecule has 0 unspecified atom stereocenters. The first-order chi connectivity index (χ1) is 12.7. The van der Waals surface area contributed by atoms with E-state index in [1.807, 2.05) is 24.4 Å². The number of amides is 1. The fraction of sp³-hybridized carbons (Fsp3) is 0.524. The predicted molar refractivity (Wildman–Crippen MR) is 99.5 cm³/mol. The largest absolute Gasteiger partial charge is 0.456 e. The molecule has 138 valence electrons.